The zero-order valence-corrected chi connectivity index (χ0v) is 10.8. The minimum Gasteiger partial charge on any atom is -0.467 e. The largest absolute Gasteiger partial charge is 0.467 e. The highest BCUT2D eigenvalue weighted by Gasteiger charge is 2.13. The maximum Gasteiger partial charge on any atom is 0.123 e. The van der Waals surface area contributed by atoms with Gasteiger partial charge in [-0.2, -0.15) is 0 Å². The van der Waals surface area contributed by atoms with Gasteiger partial charge in [-0.05, 0) is 32.0 Å². The second kappa shape index (κ2) is 5.74. The van der Waals surface area contributed by atoms with Crippen LogP contribution < -0.4 is 4.90 Å². The van der Waals surface area contributed by atoms with Crippen molar-refractivity contribution in [3.05, 3.63) is 54.0 Å². The van der Waals surface area contributed by atoms with Gasteiger partial charge in [0, 0.05) is 17.8 Å². The van der Waals surface area contributed by atoms with E-state index in [2.05, 4.69) is 11.8 Å². The summed E-state index contributed by atoms with van der Waals surface area (Å²) in [6, 6.07) is 11.8. The minimum atomic E-state index is -0.466. The van der Waals surface area contributed by atoms with Crippen molar-refractivity contribution in [2.45, 2.75) is 26.5 Å². The number of aliphatic hydroxyl groups excluding tert-OH is 1. The molecule has 2 aromatic rings. The van der Waals surface area contributed by atoms with Crippen molar-refractivity contribution in [2.24, 2.45) is 0 Å². The maximum absolute atomic E-state index is 9.82. The number of hydrogen-bond acceptors (Lipinski definition) is 3. The molecular formula is C15H19NO2. The molecule has 2 rings (SSSR count). The van der Waals surface area contributed by atoms with Crippen molar-refractivity contribution < 1.29 is 9.52 Å². The van der Waals surface area contributed by atoms with Gasteiger partial charge in [-0.15, -0.1) is 0 Å². The second-order valence-electron chi connectivity index (χ2n) is 4.33. The average Bonchev–Trinajstić information content (AvgIpc) is 2.88. The number of nitrogens with zero attached hydrogens (tertiary/aromatic N) is 1. The summed E-state index contributed by atoms with van der Waals surface area (Å²) in [5, 5.41) is 9.82. The molecule has 3 heteroatoms. The SMILES string of the molecule is CCN(Cc1ccco1)c1ccccc1[C@H](C)O. The molecule has 0 fully saturated rings. The zero-order chi connectivity index (χ0) is 13.0. The molecule has 0 bridgehead atoms. The monoisotopic (exact) mass is 245 g/mol. The van der Waals surface area contributed by atoms with E-state index in [4.69, 9.17) is 4.42 Å². The lowest BCUT2D eigenvalue weighted by molar-refractivity contribution is 0.199. The Labute approximate surface area is 108 Å². The van der Waals surface area contributed by atoms with Crippen molar-refractivity contribution >= 4 is 5.69 Å². The topological polar surface area (TPSA) is 36.6 Å². The van der Waals surface area contributed by atoms with Crippen LogP contribution in [-0.2, 0) is 6.54 Å². The van der Waals surface area contributed by atoms with Crippen LogP contribution in [0.2, 0.25) is 0 Å². The third-order valence-corrected chi connectivity index (χ3v) is 3.04. The van der Waals surface area contributed by atoms with Crippen LogP contribution in [0, 0.1) is 0 Å². The maximum atomic E-state index is 9.82. The standard InChI is InChI=1S/C15H19NO2/c1-3-16(11-13-7-6-10-18-13)15-9-5-4-8-14(15)12(2)17/h4-10,12,17H,3,11H2,1-2H3/t12-/m0/s1. The fourth-order valence-corrected chi connectivity index (χ4v) is 2.09. The van der Waals surface area contributed by atoms with Crippen molar-refractivity contribution in [3.8, 4) is 0 Å². The zero-order valence-electron chi connectivity index (χ0n) is 10.8. The molecule has 0 spiro atoms. The molecule has 0 radical (unpaired) electrons. The summed E-state index contributed by atoms with van der Waals surface area (Å²) in [5.41, 5.74) is 2.01. The highest BCUT2D eigenvalue weighted by molar-refractivity contribution is 5.54. The Morgan fingerprint density at radius 3 is 2.61 bits per heavy atom. The lowest BCUT2D eigenvalue weighted by atomic mass is 10.1. The summed E-state index contributed by atoms with van der Waals surface area (Å²) in [5.74, 6) is 0.928. The van der Waals surface area contributed by atoms with Gasteiger partial charge in [-0.25, -0.2) is 0 Å². The summed E-state index contributed by atoms with van der Waals surface area (Å²) in [7, 11) is 0. The molecular weight excluding hydrogens is 226 g/mol. The minimum absolute atomic E-state index is 0.466. The van der Waals surface area contributed by atoms with E-state index in [1.807, 2.05) is 36.4 Å². The van der Waals surface area contributed by atoms with Gasteiger partial charge in [0.05, 0.1) is 18.9 Å². The van der Waals surface area contributed by atoms with E-state index >= 15 is 0 Å². The Morgan fingerprint density at radius 2 is 2.00 bits per heavy atom. The Bertz CT molecular complexity index is 477. The summed E-state index contributed by atoms with van der Waals surface area (Å²) >= 11 is 0. The van der Waals surface area contributed by atoms with E-state index in [0.29, 0.717) is 6.54 Å². The molecule has 0 aliphatic rings. The molecule has 1 aromatic carbocycles. The van der Waals surface area contributed by atoms with Gasteiger partial charge in [-0.1, -0.05) is 18.2 Å². The van der Waals surface area contributed by atoms with Gasteiger partial charge in [0.1, 0.15) is 5.76 Å². The van der Waals surface area contributed by atoms with E-state index in [-0.39, 0.29) is 0 Å². The molecule has 0 saturated carbocycles. The third-order valence-electron chi connectivity index (χ3n) is 3.04. The van der Waals surface area contributed by atoms with Gasteiger partial charge >= 0.3 is 0 Å². The number of aliphatic hydroxyl groups is 1. The van der Waals surface area contributed by atoms with Crippen molar-refractivity contribution in [3.63, 3.8) is 0 Å². The van der Waals surface area contributed by atoms with E-state index in [1.165, 1.54) is 0 Å². The van der Waals surface area contributed by atoms with Gasteiger partial charge in [0.2, 0.25) is 0 Å². The van der Waals surface area contributed by atoms with Gasteiger partial charge in [-0.3, -0.25) is 0 Å². The number of hydrogen-bond donors (Lipinski definition) is 1. The molecule has 3 nitrogen and oxygen atoms in total. The Hall–Kier alpha value is -1.74. The van der Waals surface area contributed by atoms with Crippen molar-refractivity contribution in [1.82, 2.24) is 0 Å². The smallest absolute Gasteiger partial charge is 0.123 e. The number of benzene rings is 1. The molecule has 1 N–H and O–H groups in total. The fraction of sp³-hybridized carbons (Fsp3) is 0.333. The van der Waals surface area contributed by atoms with Crippen LogP contribution in [0.4, 0.5) is 5.69 Å². The summed E-state index contributed by atoms with van der Waals surface area (Å²) < 4.78 is 5.38. The van der Waals surface area contributed by atoms with Gasteiger partial charge < -0.3 is 14.4 Å². The molecule has 0 aliphatic heterocycles. The number of rotatable bonds is 5. The fourth-order valence-electron chi connectivity index (χ4n) is 2.09. The summed E-state index contributed by atoms with van der Waals surface area (Å²) in [4.78, 5) is 2.20. The number of anilines is 1. The quantitative estimate of drug-likeness (QED) is 0.877. The second-order valence-corrected chi connectivity index (χ2v) is 4.33. The van der Waals surface area contributed by atoms with E-state index in [1.54, 1.807) is 13.2 Å². The normalized spacial score (nSPS) is 12.4. The predicted octanol–water partition coefficient (Wildman–Crippen LogP) is 3.36. The average molecular weight is 245 g/mol. The van der Waals surface area contributed by atoms with Crippen LogP contribution >= 0.6 is 0 Å². The lowest BCUT2D eigenvalue weighted by Gasteiger charge is -2.25. The Balaban J connectivity index is 2.27. The highest BCUT2D eigenvalue weighted by atomic mass is 16.3. The first-order valence-corrected chi connectivity index (χ1v) is 6.26. The first kappa shape index (κ1) is 12.7. The Kier molecular flexibility index (Phi) is 4.05. The van der Waals surface area contributed by atoms with Crippen LogP contribution in [0.1, 0.15) is 31.3 Å². The molecule has 0 unspecified atom stereocenters. The van der Waals surface area contributed by atoms with E-state index in [9.17, 15) is 5.11 Å². The van der Waals surface area contributed by atoms with Crippen LogP contribution in [0.15, 0.2) is 47.1 Å². The van der Waals surface area contributed by atoms with Crippen LogP contribution in [-0.4, -0.2) is 11.7 Å². The summed E-state index contributed by atoms with van der Waals surface area (Å²) in [6.07, 6.45) is 1.22. The first-order valence-electron chi connectivity index (χ1n) is 6.26. The first-order chi connectivity index (χ1) is 8.72. The van der Waals surface area contributed by atoms with Crippen LogP contribution in [0.25, 0.3) is 0 Å². The molecule has 0 amide bonds. The van der Waals surface area contributed by atoms with E-state index in [0.717, 1.165) is 23.6 Å². The van der Waals surface area contributed by atoms with Gasteiger partial charge in [0.15, 0.2) is 0 Å². The third kappa shape index (κ3) is 2.74. The molecule has 0 saturated heterocycles. The molecule has 1 atom stereocenters. The number of para-hydroxylation sites is 1. The van der Waals surface area contributed by atoms with E-state index < -0.39 is 6.10 Å². The number of furan rings is 1. The lowest BCUT2D eigenvalue weighted by Crippen LogP contribution is -2.23. The van der Waals surface area contributed by atoms with Gasteiger partial charge in [0.25, 0.3) is 0 Å². The summed E-state index contributed by atoms with van der Waals surface area (Å²) in [6.45, 7) is 5.47. The predicted molar refractivity (Wildman–Crippen MR) is 72.5 cm³/mol. The van der Waals surface area contributed by atoms with Crippen LogP contribution in [0.5, 0.6) is 0 Å². The Morgan fingerprint density at radius 1 is 1.22 bits per heavy atom. The van der Waals surface area contributed by atoms with Crippen molar-refractivity contribution in [1.29, 1.82) is 0 Å². The van der Waals surface area contributed by atoms with Crippen LogP contribution in [0.3, 0.4) is 0 Å². The molecule has 1 aromatic heterocycles. The molecule has 18 heavy (non-hydrogen) atoms. The highest BCUT2D eigenvalue weighted by Crippen LogP contribution is 2.27. The molecule has 96 valence electrons. The van der Waals surface area contributed by atoms with Crippen molar-refractivity contribution in [2.75, 3.05) is 11.4 Å². The molecule has 1 heterocycles. The molecule has 0 aliphatic carbocycles.